The highest BCUT2D eigenvalue weighted by atomic mass is 16.2. The number of carbonyl (C=O) groups is 2. The van der Waals surface area contributed by atoms with E-state index in [2.05, 4.69) is 11.4 Å². The number of benzene rings is 1. The van der Waals surface area contributed by atoms with Gasteiger partial charge in [-0.25, -0.2) is 0 Å². The number of allylic oxidation sites excluding steroid dienone is 1. The van der Waals surface area contributed by atoms with E-state index in [0.717, 1.165) is 19.3 Å². The van der Waals surface area contributed by atoms with Gasteiger partial charge in [-0.1, -0.05) is 11.6 Å². The summed E-state index contributed by atoms with van der Waals surface area (Å²) < 4.78 is 0. The Kier molecular flexibility index (Phi) is 4.93. The van der Waals surface area contributed by atoms with E-state index >= 15 is 0 Å². The molecule has 1 aromatic carbocycles. The fourth-order valence-corrected chi connectivity index (χ4v) is 2.36. The molecule has 4 heteroatoms. The van der Waals surface area contributed by atoms with Crippen molar-refractivity contribution in [1.29, 1.82) is 0 Å². The zero-order chi connectivity index (χ0) is 14.4. The van der Waals surface area contributed by atoms with Crippen molar-refractivity contribution in [2.45, 2.75) is 32.1 Å². The number of carbonyl (C=O) groups excluding carboxylic acids is 2. The van der Waals surface area contributed by atoms with Gasteiger partial charge in [0.05, 0.1) is 0 Å². The summed E-state index contributed by atoms with van der Waals surface area (Å²) in [6.45, 7) is 0.655. The molecule has 1 aromatic rings. The second kappa shape index (κ2) is 6.89. The molecule has 2 amide bonds. The number of amides is 2. The summed E-state index contributed by atoms with van der Waals surface area (Å²) in [5.41, 5.74) is 7.56. The van der Waals surface area contributed by atoms with Crippen molar-refractivity contribution in [3.05, 3.63) is 47.0 Å². The van der Waals surface area contributed by atoms with Crippen LogP contribution in [0, 0.1) is 0 Å². The van der Waals surface area contributed by atoms with E-state index in [0.29, 0.717) is 17.7 Å². The number of hydrogen-bond donors (Lipinski definition) is 2. The summed E-state index contributed by atoms with van der Waals surface area (Å²) in [7, 11) is 0. The average Bonchev–Trinajstić information content (AvgIpc) is 2.48. The summed E-state index contributed by atoms with van der Waals surface area (Å²) in [5, 5.41) is 2.90. The molecule has 0 saturated carbocycles. The SMILES string of the molecule is NC(=O)c1ccc(C(=O)NCCC2=CCCCC2)cc1. The predicted octanol–water partition coefficient (Wildman–Crippen LogP) is 2.41. The molecule has 106 valence electrons. The van der Waals surface area contributed by atoms with Gasteiger partial charge in [-0.05, 0) is 56.4 Å². The van der Waals surface area contributed by atoms with Crippen LogP contribution in [0.2, 0.25) is 0 Å². The van der Waals surface area contributed by atoms with Gasteiger partial charge in [0, 0.05) is 17.7 Å². The Hall–Kier alpha value is -2.10. The van der Waals surface area contributed by atoms with Gasteiger partial charge in [-0.15, -0.1) is 0 Å². The Bertz CT molecular complexity index is 518. The third kappa shape index (κ3) is 3.95. The molecule has 3 N–H and O–H groups in total. The Balaban J connectivity index is 1.82. The molecule has 0 saturated heterocycles. The molecule has 20 heavy (non-hydrogen) atoms. The molecule has 0 aliphatic heterocycles. The van der Waals surface area contributed by atoms with Crippen molar-refractivity contribution in [3.63, 3.8) is 0 Å². The van der Waals surface area contributed by atoms with Crippen LogP contribution < -0.4 is 11.1 Å². The van der Waals surface area contributed by atoms with E-state index in [9.17, 15) is 9.59 Å². The molecule has 1 aliphatic carbocycles. The van der Waals surface area contributed by atoms with Gasteiger partial charge in [0.2, 0.25) is 5.91 Å². The van der Waals surface area contributed by atoms with Gasteiger partial charge < -0.3 is 11.1 Å². The molecular weight excluding hydrogens is 252 g/mol. The number of rotatable bonds is 5. The van der Waals surface area contributed by atoms with Gasteiger partial charge in [0.25, 0.3) is 5.91 Å². The smallest absolute Gasteiger partial charge is 0.251 e. The second-order valence-corrected chi connectivity index (χ2v) is 5.06. The topological polar surface area (TPSA) is 72.2 Å². The van der Waals surface area contributed by atoms with Crippen LogP contribution in [0.25, 0.3) is 0 Å². The fourth-order valence-electron chi connectivity index (χ4n) is 2.36. The van der Waals surface area contributed by atoms with E-state index in [4.69, 9.17) is 5.73 Å². The van der Waals surface area contributed by atoms with Crippen LogP contribution in [0.15, 0.2) is 35.9 Å². The van der Waals surface area contributed by atoms with Gasteiger partial charge in [-0.3, -0.25) is 9.59 Å². The average molecular weight is 272 g/mol. The maximum absolute atomic E-state index is 11.9. The number of nitrogens with one attached hydrogen (secondary N) is 1. The molecule has 0 heterocycles. The number of nitrogens with two attached hydrogens (primary N) is 1. The van der Waals surface area contributed by atoms with Crippen molar-refractivity contribution in [1.82, 2.24) is 5.32 Å². The van der Waals surface area contributed by atoms with E-state index in [1.54, 1.807) is 24.3 Å². The maximum Gasteiger partial charge on any atom is 0.251 e. The minimum Gasteiger partial charge on any atom is -0.366 e. The molecule has 0 spiro atoms. The molecule has 0 unspecified atom stereocenters. The van der Waals surface area contributed by atoms with Crippen LogP contribution in [0.4, 0.5) is 0 Å². The zero-order valence-corrected chi connectivity index (χ0v) is 11.5. The van der Waals surface area contributed by atoms with Gasteiger partial charge in [0.1, 0.15) is 0 Å². The van der Waals surface area contributed by atoms with Crippen LogP contribution in [-0.4, -0.2) is 18.4 Å². The highest BCUT2D eigenvalue weighted by molar-refractivity contribution is 5.97. The van der Waals surface area contributed by atoms with E-state index in [1.165, 1.54) is 18.4 Å². The maximum atomic E-state index is 11.9. The lowest BCUT2D eigenvalue weighted by Gasteiger charge is -2.13. The number of primary amides is 1. The summed E-state index contributed by atoms with van der Waals surface area (Å²) in [6, 6.07) is 6.38. The van der Waals surface area contributed by atoms with Gasteiger partial charge in [-0.2, -0.15) is 0 Å². The van der Waals surface area contributed by atoms with Crippen molar-refractivity contribution in [2.75, 3.05) is 6.54 Å². The quantitative estimate of drug-likeness (QED) is 0.808. The first kappa shape index (κ1) is 14.3. The second-order valence-electron chi connectivity index (χ2n) is 5.06. The van der Waals surface area contributed by atoms with Crippen LogP contribution in [0.5, 0.6) is 0 Å². The standard InChI is InChI=1S/C16H20N2O2/c17-15(19)13-6-8-14(9-7-13)16(20)18-11-10-12-4-2-1-3-5-12/h4,6-9H,1-3,5,10-11H2,(H2,17,19)(H,18,20). The minimum absolute atomic E-state index is 0.113. The number of hydrogen-bond acceptors (Lipinski definition) is 2. The lowest BCUT2D eigenvalue weighted by molar-refractivity contribution is 0.0951. The summed E-state index contributed by atoms with van der Waals surface area (Å²) in [5.74, 6) is -0.598. The summed E-state index contributed by atoms with van der Waals surface area (Å²) in [4.78, 5) is 22.9. The van der Waals surface area contributed by atoms with E-state index in [-0.39, 0.29) is 5.91 Å². The fraction of sp³-hybridized carbons (Fsp3) is 0.375. The Labute approximate surface area is 119 Å². The third-order valence-electron chi connectivity index (χ3n) is 3.55. The van der Waals surface area contributed by atoms with Crippen molar-refractivity contribution >= 4 is 11.8 Å². The molecular formula is C16H20N2O2. The largest absolute Gasteiger partial charge is 0.366 e. The Morgan fingerprint density at radius 1 is 1.10 bits per heavy atom. The highest BCUT2D eigenvalue weighted by Gasteiger charge is 2.08. The molecule has 0 aromatic heterocycles. The third-order valence-corrected chi connectivity index (χ3v) is 3.55. The first-order valence-corrected chi connectivity index (χ1v) is 7.03. The molecule has 4 nitrogen and oxygen atoms in total. The molecule has 0 bridgehead atoms. The Morgan fingerprint density at radius 2 is 1.80 bits per heavy atom. The lowest BCUT2D eigenvalue weighted by atomic mass is 9.97. The van der Waals surface area contributed by atoms with Gasteiger partial charge in [0.15, 0.2) is 0 Å². The van der Waals surface area contributed by atoms with Crippen molar-refractivity contribution in [3.8, 4) is 0 Å². The predicted molar refractivity (Wildman–Crippen MR) is 78.5 cm³/mol. The van der Waals surface area contributed by atoms with Gasteiger partial charge >= 0.3 is 0 Å². The summed E-state index contributed by atoms with van der Waals surface area (Å²) in [6.07, 6.45) is 8.07. The zero-order valence-electron chi connectivity index (χ0n) is 11.5. The van der Waals surface area contributed by atoms with Crippen LogP contribution >= 0.6 is 0 Å². The normalized spacial score (nSPS) is 14.5. The first-order valence-electron chi connectivity index (χ1n) is 7.03. The van der Waals surface area contributed by atoms with E-state index < -0.39 is 5.91 Å². The molecule has 0 fully saturated rings. The molecule has 0 radical (unpaired) electrons. The van der Waals surface area contributed by atoms with E-state index in [1.807, 2.05) is 0 Å². The molecule has 1 aliphatic rings. The highest BCUT2D eigenvalue weighted by Crippen LogP contribution is 2.19. The van der Waals surface area contributed by atoms with Crippen molar-refractivity contribution < 1.29 is 9.59 Å². The van der Waals surface area contributed by atoms with Crippen LogP contribution in [-0.2, 0) is 0 Å². The first-order chi connectivity index (χ1) is 9.66. The molecule has 2 rings (SSSR count). The van der Waals surface area contributed by atoms with Crippen molar-refractivity contribution in [2.24, 2.45) is 5.73 Å². The Morgan fingerprint density at radius 3 is 2.40 bits per heavy atom. The minimum atomic E-state index is -0.485. The lowest BCUT2D eigenvalue weighted by Crippen LogP contribution is -2.25. The monoisotopic (exact) mass is 272 g/mol. The summed E-state index contributed by atoms with van der Waals surface area (Å²) >= 11 is 0. The van der Waals surface area contributed by atoms with Crippen LogP contribution in [0.1, 0.15) is 52.8 Å². The van der Waals surface area contributed by atoms with Crippen LogP contribution in [0.3, 0.4) is 0 Å². The molecule has 0 atom stereocenters.